The van der Waals surface area contributed by atoms with E-state index in [1.165, 1.54) is 0 Å². The normalized spacial score (nSPS) is 16.8. The smallest absolute Gasteiger partial charge is 0.213 e. The Bertz CT molecular complexity index is 704. The molecule has 0 spiro atoms. The molecule has 21 heavy (non-hydrogen) atoms. The first kappa shape index (κ1) is 14.1. The molecule has 3 rings (SSSR count). The quantitative estimate of drug-likeness (QED) is 0.934. The summed E-state index contributed by atoms with van der Waals surface area (Å²) in [5.41, 5.74) is 4.10. The second-order valence-electron chi connectivity index (χ2n) is 6.77. The van der Waals surface area contributed by atoms with E-state index in [4.69, 9.17) is 0 Å². The lowest BCUT2D eigenvalue weighted by Gasteiger charge is -2.28. The molecule has 3 nitrogen and oxygen atoms in total. The third-order valence-electron chi connectivity index (χ3n) is 4.16. The minimum absolute atomic E-state index is 0.0328. The van der Waals surface area contributed by atoms with Gasteiger partial charge in [0.2, 0.25) is 5.52 Å². The van der Waals surface area contributed by atoms with E-state index in [1.54, 1.807) is 0 Å². The standard InChI is InChI=1S/C18H22N2O/c1-4-9-19-17-12-7-5-6-8-13(12)20-14-10-18(2,3)11-15(21)16(14)17/h5-8H,4,9-11H2,1-3H3,(H,19,20)/p+1. The number of rotatable bonds is 3. The number of anilines is 1. The fourth-order valence-electron chi connectivity index (χ4n) is 3.26. The minimum atomic E-state index is 0.0328. The van der Waals surface area contributed by atoms with Crippen LogP contribution in [0.2, 0.25) is 0 Å². The van der Waals surface area contributed by atoms with E-state index in [0.717, 1.165) is 47.2 Å². The molecule has 110 valence electrons. The maximum atomic E-state index is 12.7. The van der Waals surface area contributed by atoms with Gasteiger partial charge in [-0.1, -0.05) is 32.9 Å². The summed E-state index contributed by atoms with van der Waals surface area (Å²) in [6.45, 7) is 7.35. The van der Waals surface area contributed by atoms with Crippen molar-refractivity contribution in [2.45, 2.75) is 40.0 Å². The molecule has 3 heteroatoms. The molecule has 0 saturated heterocycles. The van der Waals surface area contributed by atoms with Gasteiger partial charge in [-0.3, -0.25) is 4.79 Å². The molecule has 0 saturated carbocycles. The van der Waals surface area contributed by atoms with Gasteiger partial charge in [-0.25, -0.2) is 4.98 Å². The Morgan fingerprint density at radius 2 is 2.00 bits per heavy atom. The number of hydrogen-bond donors (Lipinski definition) is 1. The number of aromatic nitrogens is 1. The van der Waals surface area contributed by atoms with Crippen molar-refractivity contribution in [3.63, 3.8) is 0 Å². The summed E-state index contributed by atoms with van der Waals surface area (Å²) in [7, 11) is 0. The lowest BCUT2D eigenvalue weighted by Crippen LogP contribution is -2.33. The van der Waals surface area contributed by atoms with E-state index in [-0.39, 0.29) is 11.2 Å². The number of carbonyl (C=O) groups excluding carboxylic acids is 1. The highest BCUT2D eigenvalue weighted by Gasteiger charge is 2.37. The van der Waals surface area contributed by atoms with Crippen molar-refractivity contribution < 1.29 is 9.78 Å². The lowest BCUT2D eigenvalue weighted by molar-refractivity contribution is -0.360. The van der Waals surface area contributed by atoms with Crippen LogP contribution in [0.3, 0.4) is 0 Å². The summed E-state index contributed by atoms with van der Waals surface area (Å²) in [5, 5.41) is 4.59. The van der Waals surface area contributed by atoms with Crippen molar-refractivity contribution in [3.05, 3.63) is 35.5 Å². The third-order valence-corrected chi connectivity index (χ3v) is 4.16. The molecular weight excluding hydrogens is 260 g/mol. The number of benzene rings is 1. The van der Waals surface area contributed by atoms with E-state index >= 15 is 0 Å². The molecule has 0 bridgehead atoms. The second-order valence-corrected chi connectivity index (χ2v) is 6.77. The van der Waals surface area contributed by atoms with E-state index in [1.807, 2.05) is 12.1 Å². The van der Waals surface area contributed by atoms with Gasteiger partial charge in [0.1, 0.15) is 5.56 Å². The molecular formula is C18H23N2O+. The largest absolute Gasteiger partial charge is 0.384 e. The van der Waals surface area contributed by atoms with Gasteiger partial charge >= 0.3 is 0 Å². The van der Waals surface area contributed by atoms with Crippen LogP contribution in [0.1, 0.15) is 49.7 Å². The van der Waals surface area contributed by atoms with Crippen molar-refractivity contribution >= 4 is 22.4 Å². The number of ketones is 1. The number of aromatic amines is 1. The van der Waals surface area contributed by atoms with Gasteiger partial charge in [-0.15, -0.1) is 0 Å². The van der Waals surface area contributed by atoms with Crippen LogP contribution in [-0.2, 0) is 6.42 Å². The number of H-pyrrole nitrogens is 1. The molecule has 0 aliphatic heterocycles. The van der Waals surface area contributed by atoms with Gasteiger partial charge in [-0.05, 0) is 17.9 Å². The van der Waals surface area contributed by atoms with E-state index in [9.17, 15) is 4.79 Å². The van der Waals surface area contributed by atoms with E-state index in [0.29, 0.717) is 6.42 Å². The van der Waals surface area contributed by atoms with Crippen molar-refractivity contribution in [3.8, 4) is 0 Å². The van der Waals surface area contributed by atoms with Crippen molar-refractivity contribution in [2.24, 2.45) is 5.41 Å². The molecule has 1 aliphatic carbocycles. The number of para-hydroxylation sites is 1. The van der Waals surface area contributed by atoms with Gasteiger partial charge in [0.15, 0.2) is 11.5 Å². The first-order valence-electron chi connectivity index (χ1n) is 7.76. The van der Waals surface area contributed by atoms with Gasteiger partial charge in [0.05, 0.1) is 11.1 Å². The summed E-state index contributed by atoms with van der Waals surface area (Å²) < 4.78 is 0. The Morgan fingerprint density at radius 3 is 2.76 bits per heavy atom. The summed E-state index contributed by atoms with van der Waals surface area (Å²) in [4.78, 5) is 16.2. The number of pyridine rings is 1. The molecule has 2 N–H and O–H groups in total. The topological polar surface area (TPSA) is 43.2 Å². The lowest BCUT2D eigenvalue weighted by atomic mass is 9.75. The molecule has 0 fully saturated rings. The maximum Gasteiger partial charge on any atom is 0.213 e. The molecule has 0 atom stereocenters. The predicted molar refractivity (Wildman–Crippen MR) is 85.7 cm³/mol. The van der Waals surface area contributed by atoms with Crippen LogP contribution in [0.25, 0.3) is 10.9 Å². The van der Waals surface area contributed by atoms with Crippen molar-refractivity contribution in [1.29, 1.82) is 0 Å². The molecule has 1 aromatic carbocycles. The minimum Gasteiger partial charge on any atom is -0.384 e. The van der Waals surface area contributed by atoms with Crippen LogP contribution in [0.15, 0.2) is 24.3 Å². The predicted octanol–water partition coefficient (Wildman–Crippen LogP) is 3.63. The summed E-state index contributed by atoms with van der Waals surface area (Å²) in [6, 6.07) is 8.22. The highest BCUT2D eigenvalue weighted by Crippen LogP contribution is 2.38. The number of carbonyl (C=O) groups is 1. The summed E-state index contributed by atoms with van der Waals surface area (Å²) in [5.74, 6) is 0.252. The highest BCUT2D eigenvalue weighted by molar-refractivity contribution is 6.09. The van der Waals surface area contributed by atoms with Gasteiger partial charge in [0, 0.05) is 25.5 Å². The summed E-state index contributed by atoms with van der Waals surface area (Å²) in [6.07, 6.45) is 2.58. The van der Waals surface area contributed by atoms with Crippen molar-refractivity contribution in [1.82, 2.24) is 0 Å². The fraction of sp³-hybridized carbons (Fsp3) is 0.444. The zero-order chi connectivity index (χ0) is 15.0. The molecule has 1 aliphatic rings. The van der Waals surface area contributed by atoms with Gasteiger partial charge < -0.3 is 5.32 Å². The second kappa shape index (κ2) is 5.14. The van der Waals surface area contributed by atoms with E-state index in [2.05, 4.69) is 43.2 Å². The summed E-state index contributed by atoms with van der Waals surface area (Å²) >= 11 is 0. The molecule has 0 radical (unpaired) electrons. The Morgan fingerprint density at radius 1 is 1.24 bits per heavy atom. The Balaban J connectivity index is 2.25. The molecule has 1 heterocycles. The molecule has 0 amide bonds. The van der Waals surface area contributed by atoms with Crippen LogP contribution in [0.4, 0.5) is 5.69 Å². The fourth-order valence-corrected chi connectivity index (χ4v) is 3.26. The average Bonchev–Trinajstić information content (AvgIpc) is 2.42. The zero-order valence-electron chi connectivity index (χ0n) is 13.0. The molecule has 0 unspecified atom stereocenters. The van der Waals surface area contributed by atoms with Crippen molar-refractivity contribution in [2.75, 3.05) is 11.9 Å². The van der Waals surface area contributed by atoms with Crippen LogP contribution in [0.5, 0.6) is 0 Å². The first-order chi connectivity index (χ1) is 10.0. The SMILES string of the molecule is CCCNc1c2c([nH+]c3ccccc13)CC(C)(C)CC2=O. The monoisotopic (exact) mass is 283 g/mol. The van der Waals surface area contributed by atoms with Crippen LogP contribution in [-0.4, -0.2) is 12.3 Å². The van der Waals surface area contributed by atoms with Crippen LogP contribution in [0, 0.1) is 5.41 Å². The highest BCUT2D eigenvalue weighted by atomic mass is 16.1. The number of fused-ring (bicyclic) bond motifs is 2. The average molecular weight is 283 g/mol. The van der Waals surface area contributed by atoms with Crippen LogP contribution >= 0.6 is 0 Å². The molecule has 2 aromatic rings. The number of hydrogen-bond acceptors (Lipinski definition) is 2. The zero-order valence-corrected chi connectivity index (χ0v) is 13.0. The third kappa shape index (κ3) is 2.53. The Labute approximate surface area is 125 Å². The number of Topliss-reactive ketones (excluding diaryl/α,β-unsaturated/α-hetero) is 1. The Kier molecular flexibility index (Phi) is 3.44. The van der Waals surface area contributed by atoms with E-state index < -0.39 is 0 Å². The first-order valence-corrected chi connectivity index (χ1v) is 7.76. The van der Waals surface area contributed by atoms with Gasteiger partial charge in [-0.2, -0.15) is 0 Å². The molecule has 1 aromatic heterocycles. The Hall–Kier alpha value is -1.90. The maximum absolute atomic E-state index is 12.7. The van der Waals surface area contributed by atoms with Crippen LogP contribution < -0.4 is 10.3 Å². The number of nitrogens with one attached hydrogen (secondary N) is 2. The van der Waals surface area contributed by atoms with Gasteiger partial charge in [0.25, 0.3) is 0 Å².